The van der Waals surface area contributed by atoms with Gasteiger partial charge in [-0.05, 0) is 42.9 Å². The fourth-order valence-corrected chi connectivity index (χ4v) is 4.58. The van der Waals surface area contributed by atoms with E-state index in [1.807, 2.05) is 18.3 Å². The number of benzene rings is 1. The molecular formula is C19H23ClN4. The zero-order valence-corrected chi connectivity index (χ0v) is 14.5. The fourth-order valence-electron chi connectivity index (χ4n) is 4.45. The first-order valence-corrected chi connectivity index (χ1v) is 9.30. The van der Waals surface area contributed by atoms with Crippen molar-refractivity contribution in [3.8, 4) is 6.07 Å². The van der Waals surface area contributed by atoms with Gasteiger partial charge in [0, 0.05) is 17.3 Å². The average Bonchev–Trinajstić information content (AvgIpc) is 3.05. The molecule has 5 heteroatoms. The van der Waals surface area contributed by atoms with Gasteiger partial charge in [0.05, 0.1) is 17.7 Å². The van der Waals surface area contributed by atoms with Gasteiger partial charge in [-0.3, -0.25) is 5.32 Å². The molecule has 0 aromatic heterocycles. The van der Waals surface area contributed by atoms with Gasteiger partial charge in [0.1, 0.15) is 6.17 Å². The number of nitrogens with one attached hydrogen (secondary N) is 2. The third kappa shape index (κ3) is 2.93. The summed E-state index contributed by atoms with van der Waals surface area (Å²) in [7, 11) is 0. The Kier molecular flexibility index (Phi) is 4.49. The van der Waals surface area contributed by atoms with Crippen molar-refractivity contribution < 1.29 is 0 Å². The Morgan fingerprint density at radius 2 is 1.88 bits per heavy atom. The number of halogens is 1. The summed E-state index contributed by atoms with van der Waals surface area (Å²) in [6.45, 7) is 0. The van der Waals surface area contributed by atoms with Gasteiger partial charge in [-0.1, -0.05) is 43.0 Å². The van der Waals surface area contributed by atoms with Crippen molar-refractivity contribution in [2.45, 2.75) is 56.8 Å². The number of nitriles is 1. The van der Waals surface area contributed by atoms with E-state index in [0.717, 1.165) is 22.9 Å². The topological polar surface area (TPSA) is 51.1 Å². The monoisotopic (exact) mass is 342 g/mol. The van der Waals surface area contributed by atoms with Crippen LogP contribution >= 0.6 is 11.6 Å². The molecule has 0 spiro atoms. The van der Waals surface area contributed by atoms with Gasteiger partial charge in [0.15, 0.2) is 0 Å². The van der Waals surface area contributed by atoms with Gasteiger partial charge >= 0.3 is 0 Å². The fraction of sp³-hybridized carbons (Fsp3) is 0.526. The van der Waals surface area contributed by atoms with E-state index < -0.39 is 0 Å². The van der Waals surface area contributed by atoms with Gasteiger partial charge in [-0.15, -0.1) is 0 Å². The summed E-state index contributed by atoms with van der Waals surface area (Å²) in [6.07, 6.45) is 9.50. The summed E-state index contributed by atoms with van der Waals surface area (Å²) < 4.78 is 0. The van der Waals surface area contributed by atoms with E-state index >= 15 is 0 Å². The first-order chi connectivity index (χ1) is 11.8. The highest BCUT2D eigenvalue weighted by atomic mass is 35.5. The molecule has 4 nitrogen and oxygen atoms in total. The quantitative estimate of drug-likeness (QED) is 0.856. The Balaban J connectivity index is 1.62. The Morgan fingerprint density at radius 1 is 1.12 bits per heavy atom. The highest BCUT2D eigenvalue weighted by Crippen LogP contribution is 2.39. The predicted molar refractivity (Wildman–Crippen MR) is 94.8 cm³/mol. The minimum Gasteiger partial charge on any atom is -0.323 e. The molecule has 3 unspecified atom stereocenters. The smallest absolute Gasteiger partial charge is 0.116 e. The number of rotatable bonds is 2. The molecule has 1 aromatic rings. The number of hydrogen-bond acceptors (Lipinski definition) is 4. The van der Waals surface area contributed by atoms with Crippen LogP contribution in [0.3, 0.4) is 0 Å². The zero-order chi connectivity index (χ0) is 16.5. The molecule has 2 N–H and O–H groups in total. The van der Waals surface area contributed by atoms with Crippen molar-refractivity contribution in [3.05, 3.63) is 46.6 Å². The van der Waals surface area contributed by atoms with Gasteiger partial charge in [0.25, 0.3) is 0 Å². The third-order valence-electron chi connectivity index (χ3n) is 5.73. The molecule has 126 valence electrons. The highest BCUT2D eigenvalue weighted by molar-refractivity contribution is 6.30. The highest BCUT2D eigenvalue weighted by Gasteiger charge is 2.42. The lowest BCUT2D eigenvalue weighted by molar-refractivity contribution is 0.0281. The minimum absolute atomic E-state index is 0.0312. The molecule has 3 aliphatic rings. The summed E-state index contributed by atoms with van der Waals surface area (Å²) in [4.78, 5) is 0. The summed E-state index contributed by atoms with van der Waals surface area (Å²) in [5.41, 5.74) is 5.33. The van der Waals surface area contributed by atoms with E-state index in [4.69, 9.17) is 11.6 Å². The second kappa shape index (κ2) is 6.76. The van der Waals surface area contributed by atoms with E-state index in [0.29, 0.717) is 6.04 Å². The second-order valence-corrected chi connectivity index (χ2v) is 7.56. The van der Waals surface area contributed by atoms with Crippen molar-refractivity contribution in [3.63, 3.8) is 0 Å². The van der Waals surface area contributed by atoms with Crippen LogP contribution in [0.4, 0.5) is 0 Å². The molecule has 3 atom stereocenters. The second-order valence-electron chi connectivity index (χ2n) is 7.12. The van der Waals surface area contributed by atoms with Crippen LogP contribution in [0, 0.1) is 17.2 Å². The lowest BCUT2D eigenvalue weighted by atomic mass is 9.79. The van der Waals surface area contributed by atoms with Crippen LogP contribution in [0.25, 0.3) is 0 Å². The first kappa shape index (κ1) is 16.0. The maximum atomic E-state index is 9.45. The van der Waals surface area contributed by atoms with Crippen LogP contribution in [-0.2, 0) is 0 Å². The molecule has 1 saturated heterocycles. The zero-order valence-electron chi connectivity index (χ0n) is 13.7. The molecule has 2 fully saturated rings. The molecule has 1 aromatic carbocycles. The average molecular weight is 343 g/mol. The lowest BCUT2D eigenvalue weighted by Crippen LogP contribution is -2.59. The largest absolute Gasteiger partial charge is 0.323 e. The molecule has 1 saturated carbocycles. The van der Waals surface area contributed by atoms with Gasteiger partial charge in [0.2, 0.25) is 0 Å². The molecule has 4 rings (SSSR count). The van der Waals surface area contributed by atoms with E-state index in [1.54, 1.807) is 0 Å². The van der Waals surface area contributed by atoms with Crippen LogP contribution in [0.1, 0.15) is 50.1 Å². The summed E-state index contributed by atoms with van der Waals surface area (Å²) in [6, 6.07) is 11.2. The molecule has 0 radical (unpaired) electrons. The number of fused-ring (bicyclic) bond motifs is 1. The van der Waals surface area contributed by atoms with Crippen LogP contribution < -0.4 is 10.7 Å². The van der Waals surface area contributed by atoms with Crippen LogP contribution in [0.5, 0.6) is 0 Å². The van der Waals surface area contributed by atoms with Gasteiger partial charge in [-0.2, -0.15) is 10.3 Å². The maximum absolute atomic E-state index is 9.45. The normalized spacial score (nSPS) is 31.0. The molecule has 24 heavy (non-hydrogen) atoms. The van der Waals surface area contributed by atoms with E-state index in [1.165, 1.54) is 37.7 Å². The molecule has 2 aliphatic heterocycles. The summed E-state index contributed by atoms with van der Waals surface area (Å²) in [5, 5.41) is 16.1. The Labute approximate surface area is 148 Å². The molecule has 1 aliphatic carbocycles. The van der Waals surface area contributed by atoms with Crippen molar-refractivity contribution in [1.82, 2.24) is 15.8 Å². The minimum atomic E-state index is -0.0312. The van der Waals surface area contributed by atoms with Gasteiger partial charge < -0.3 is 5.43 Å². The SMILES string of the molecule is N#CC1=CNN2C1NC(C1CCCCC1)CC2c1ccc(Cl)cc1. The Bertz CT molecular complexity index is 657. The summed E-state index contributed by atoms with van der Waals surface area (Å²) in [5.74, 6) is 0.719. The van der Waals surface area contributed by atoms with E-state index in [9.17, 15) is 5.26 Å². The lowest BCUT2D eigenvalue weighted by Gasteiger charge is -2.45. The summed E-state index contributed by atoms with van der Waals surface area (Å²) >= 11 is 6.06. The number of hydrazine groups is 1. The third-order valence-corrected chi connectivity index (χ3v) is 5.98. The maximum Gasteiger partial charge on any atom is 0.116 e. The predicted octanol–water partition coefficient (Wildman–Crippen LogP) is 3.88. The van der Waals surface area contributed by atoms with Crippen molar-refractivity contribution in [2.75, 3.05) is 0 Å². The van der Waals surface area contributed by atoms with Crippen LogP contribution in [-0.4, -0.2) is 17.2 Å². The van der Waals surface area contributed by atoms with E-state index in [-0.39, 0.29) is 12.2 Å². The molecule has 0 amide bonds. The molecule has 0 bridgehead atoms. The van der Waals surface area contributed by atoms with Crippen LogP contribution in [0.15, 0.2) is 36.0 Å². The molecule has 2 heterocycles. The van der Waals surface area contributed by atoms with Crippen molar-refractivity contribution in [2.24, 2.45) is 5.92 Å². The van der Waals surface area contributed by atoms with Crippen LogP contribution in [0.2, 0.25) is 5.02 Å². The van der Waals surface area contributed by atoms with Crippen molar-refractivity contribution >= 4 is 11.6 Å². The number of nitrogens with zero attached hydrogens (tertiary/aromatic N) is 2. The molecular weight excluding hydrogens is 320 g/mol. The van der Waals surface area contributed by atoms with Gasteiger partial charge in [-0.25, -0.2) is 0 Å². The standard InChI is InChI=1S/C19H23ClN4/c20-16-8-6-14(7-9-16)18-10-17(13-4-2-1-3-5-13)23-19-15(11-21)12-22-24(18)19/h6-9,12-13,17-19,22-23H,1-5,10H2. The number of hydrogen-bond donors (Lipinski definition) is 2. The Morgan fingerprint density at radius 3 is 2.58 bits per heavy atom. The first-order valence-electron chi connectivity index (χ1n) is 8.92. The van der Waals surface area contributed by atoms with Crippen molar-refractivity contribution in [1.29, 1.82) is 5.26 Å². The Hall–Kier alpha value is -1.54. The van der Waals surface area contributed by atoms with E-state index in [2.05, 4.69) is 34.0 Å².